The molecule has 7 heteroatoms. The molecule has 0 spiro atoms. The van der Waals surface area contributed by atoms with E-state index >= 15 is 0 Å². The fraction of sp³-hybridized carbons (Fsp3) is 0.708. The van der Waals surface area contributed by atoms with Gasteiger partial charge in [0.15, 0.2) is 5.96 Å². The Balaban J connectivity index is 1.32. The largest absolute Gasteiger partial charge is 0.375 e. The number of guanidine groups is 1. The van der Waals surface area contributed by atoms with Crippen LogP contribution in [0.1, 0.15) is 30.9 Å². The molecule has 7 nitrogen and oxygen atoms in total. The number of benzene rings is 1. The summed E-state index contributed by atoms with van der Waals surface area (Å²) < 4.78 is 11.9. The molecule has 1 N–H and O–H groups in total. The van der Waals surface area contributed by atoms with Gasteiger partial charge >= 0.3 is 0 Å². The number of morpholine rings is 1. The van der Waals surface area contributed by atoms with Gasteiger partial charge in [0.2, 0.25) is 0 Å². The predicted molar refractivity (Wildman–Crippen MR) is 124 cm³/mol. The Morgan fingerprint density at radius 2 is 1.74 bits per heavy atom. The number of rotatable bonds is 6. The maximum atomic E-state index is 6.01. The van der Waals surface area contributed by atoms with E-state index in [9.17, 15) is 0 Å². The van der Waals surface area contributed by atoms with Crippen LogP contribution in [0.2, 0.25) is 0 Å². The van der Waals surface area contributed by atoms with E-state index in [1.165, 1.54) is 11.1 Å². The Kier molecular flexibility index (Phi) is 8.19. The lowest BCUT2D eigenvalue weighted by atomic mass is 10.1. The van der Waals surface area contributed by atoms with Crippen LogP contribution in [0, 0.1) is 0 Å². The average Bonchev–Trinajstić information content (AvgIpc) is 3.34. The number of likely N-dealkylation sites (N-methyl/N-ethyl adjacent to an activating group) is 1. The van der Waals surface area contributed by atoms with Crippen molar-refractivity contribution in [2.45, 2.75) is 45.1 Å². The smallest absolute Gasteiger partial charge is 0.194 e. The van der Waals surface area contributed by atoms with Crippen LogP contribution in [-0.4, -0.2) is 98.9 Å². The van der Waals surface area contributed by atoms with Crippen LogP contribution in [0.15, 0.2) is 29.3 Å². The summed E-state index contributed by atoms with van der Waals surface area (Å²) in [6.07, 6.45) is 2.63. The number of piperazine rings is 1. The first-order chi connectivity index (χ1) is 15.2. The summed E-state index contributed by atoms with van der Waals surface area (Å²) in [5.41, 5.74) is 2.64. The van der Waals surface area contributed by atoms with Gasteiger partial charge in [-0.15, -0.1) is 0 Å². The van der Waals surface area contributed by atoms with Crippen LogP contribution in [0.4, 0.5) is 0 Å². The highest BCUT2D eigenvalue weighted by Gasteiger charge is 2.32. The monoisotopic (exact) mass is 429 g/mol. The van der Waals surface area contributed by atoms with E-state index in [-0.39, 0.29) is 12.2 Å². The molecule has 3 aliphatic heterocycles. The quantitative estimate of drug-likeness (QED) is 0.550. The minimum atomic E-state index is 0.147. The van der Waals surface area contributed by atoms with Gasteiger partial charge in [0.05, 0.1) is 19.3 Å². The van der Waals surface area contributed by atoms with Crippen molar-refractivity contribution in [2.75, 3.05) is 66.1 Å². The molecule has 3 heterocycles. The fourth-order valence-electron chi connectivity index (χ4n) is 4.59. The lowest BCUT2D eigenvalue weighted by Crippen LogP contribution is -2.53. The van der Waals surface area contributed by atoms with Crippen molar-refractivity contribution >= 4 is 5.96 Å². The third-order valence-corrected chi connectivity index (χ3v) is 6.54. The molecule has 2 atom stereocenters. The maximum Gasteiger partial charge on any atom is 0.194 e. The van der Waals surface area contributed by atoms with Crippen LogP contribution in [0.3, 0.4) is 0 Å². The second-order valence-corrected chi connectivity index (χ2v) is 8.97. The summed E-state index contributed by atoms with van der Waals surface area (Å²) in [6, 6.07) is 8.98. The van der Waals surface area contributed by atoms with Crippen molar-refractivity contribution in [1.29, 1.82) is 0 Å². The van der Waals surface area contributed by atoms with Crippen LogP contribution >= 0.6 is 0 Å². The first kappa shape index (κ1) is 22.5. The van der Waals surface area contributed by atoms with Crippen molar-refractivity contribution < 1.29 is 9.47 Å². The van der Waals surface area contributed by atoms with Crippen molar-refractivity contribution in [1.82, 2.24) is 20.0 Å². The lowest BCUT2D eigenvalue weighted by molar-refractivity contribution is -0.0817. The van der Waals surface area contributed by atoms with Crippen molar-refractivity contribution in [3.63, 3.8) is 0 Å². The predicted octanol–water partition coefficient (Wildman–Crippen LogP) is 1.78. The molecule has 0 saturated carbocycles. The van der Waals surface area contributed by atoms with Crippen molar-refractivity contribution in [3.05, 3.63) is 35.4 Å². The van der Waals surface area contributed by atoms with Gasteiger partial charge in [0.25, 0.3) is 0 Å². The molecular weight excluding hydrogens is 390 g/mol. The molecule has 172 valence electrons. The van der Waals surface area contributed by atoms with Crippen LogP contribution in [-0.2, 0) is 22.6 Å². The van der Waals surface area contributed by atoms with Crippen LogP contribution in [0.5, 0.6) is 0 Å². The SMILES string of the molecule is CCNC(=NCc1ccc(CN2CCN(C)CC2)cc1)N1CCOC(C2CCCO2)C1. The summed E-state index contributed by atoms with van der Waals surface area (Å²) in [5, 5.41) is 3.47. The van der Waals surface area contributed by atoms with Crippen LogP contribution in [0.25, 0.3) is 0 Å². The molecule has 0 aromatic heterocycles. The molecule has 0 amide bonds. The Bertz CT molecular complexity index is 696. The molecule has 31 heavy (non-hydrogen) atoms. The maximum absolute atomic E-state index is 6.01. The zero-order chi connectivity index (χ0) is 21.5. The second-order valence-electron chi connectivity index (χ2n) is 8.97. The molecule has 0 bridgehead atoms. The zero-order valence-electron chi connectivity index (χ0n) is 19.3. The minimum absolute atomic E-state index is 0.147. The molecular formula is C24H39N5O2. The summed E-state index contributed by atoms with van der Waals surface area (Å²) in [6.45, 7) is 12.7. The van der Waals surface area contributed by atoms with E-state index in [0.29, 0.717) is 6.54 Å². The molecule has 0 aliphatic carbocycles. The molecule has 0 radical (unpaired) electrons. The highest BCUT2D eigenvalue weighted by molar-refractivity contribution is 5.80. The highest BCUT2D eigenvalue weighted by Crippen LogP contribution is 2.21. The first-order valence-electron chi connectivity index (χ1n) is 12.0. The second kappa shape index (κ2) is 11.3. The summed E-state index contributed by atoms with van der Waals surface area (Å²) in [7, 11) is 2.20. The molecule has 2 unspecified atom stereocenters. The number of nitrogens with one attached hydrogen (secondary N) is 1. The topological polar surface area (TPSA) is 52.6 Å². The van der Waals surface area contributed by atoms with E-state index < -0.39 is 0 Å². The van der Waals surface area contributed by atoms with Gasteiger partial charge in [-0.1, -0.05) is 24.3 Å². The molecule has 1 aromatic rings. The zero-order valence-corrected chi connectivity index (χ0v) is 19.3. The van der Waals surface area contributed by atoms with Gasteiger partial charge < -0.3 is 24.6 Å². The first-order valence-corrected chi connectivity index (χ1v) is 12.0. The van der Waals surface area contributed by atoms with Crippen LogP contribution < -0.4 is 5.32 Å². The lowest BCUT2D eigenvalue weighted by Gasteiger charge is -2.37. The minimum Gasteiger partial charge on any atom is -0.375 e. The van der Waals surface area contributed by atoms with Gasteiger partial charge in [-0.05, 0) is 37.9 Å². The molecule has 1 aromatic carbocycles. The number of ether oxygens (including phenoxy) is 2. The van der Waals surface area contributed by atoms with E-state index in [0.717, 1.165) is 84.4 Å². The summed E-state index contributed by atoms with van der Waals surface area (Å²) in [5.74, 6) is 0.982. The molecule has 3 saturated heterocycles. The van der Waals surface area contributed by atoms with Crippen molar-refractivity contribution in [3.8, 4) is 0 Å². The Morgan fingerprint density at radius 1 is 1.00 bits per heavy atom. The van der Waals surface area contributed by atoms with Gasteiger partial charge in [0, 0.05) is 59.0 Å². The Labute approximate surface area is 187 Å². The Morgan fingerprint density at radius 3 is 2.45 bits per heavy atom. The van der Waals surface area contributed by atoms with Gasteiger partial charge in [-0.25, -0.2) is 4.99 Å². The number of hydrogen-bond donors (Lipinski definition) is 1. The number of nitrogens with zero attached hydrogens (tertiary/aromatic N) is 4. The number of hydrogen-bond acceptors (Lipinski definition) is 5. The van der Waals surface area contributed by atoms with E-state index in [2.05, 4.69) is 58.3 Å². The average molecular weight is 430 g/mol. The van der Waals surface area contributed by atoms with E-state index in [1.54, 1.807) is 0 Å². The van der Waals surface area contributed by atoms with Gasteiger partial charge in [-0.3, -0.25) is 4.90 Å². The van der Waals surface area contributed by atoms with E-state index in [4.69, 9.17) is 14.5 Å². The third-order valence-electron chi connectivity index (χ3n) is 6.54. The molecule has 4 rings (SSSR count). The standard InChI is InChI=1S/C24H39N5O2/c1-3-25-24(29-14-16-31-23(19-29)22-5-4-15-30-22)26-17-20-6-8-21(9-7-20)18-28-12-10-27(2)11-13-28/h6-9,22-23H,3-5,10-19H2,1-2H3,(H,25,26). The van der Waals surface area contributed by atoms with E-state index in [1.807, 2.05) is 0 Å². The normalized spacial score (nSPS) is 26.4. The van der Waals surface area contributed by atoms with Gasteiger partial charge in [-0.2, -0.15) is 0 Å². The van der Waals surface area contributed by atoms with Gasteiger partial charge in [0.1, 0.15) is 6.10 Å². The third kappa shape index (κ3) is 6.42. The molecule has 3 aliphatic rings. The van der Waals surface area contributed by atoms with Crippen molar-refractivity contribution in [2.24, 2.45) is 4.99 Å². The summed E-state index contributed by atoms with van der Waals surface area (Å²) in [4.78, 5) is 12.2. The highest BCUT2D eigenvalue weighted by atomic mass is 16.5. The summed E-state index contributed by atoms with van der Waals surface area (Å²) >= 11 is 0. The fourth-order valence-corrected chi connectivity index (χ4v) is 4.59. The molecule has 3 fully saturated rings. The number of aliphatic imine (C=N–C) groups is 1. The Hall–Kier alpha value is -1.67.